The Kier molecular flexibility index (Phi) is 46.3. The second-order valence-corrected chi connectivity index (χ2v) is 15.1. The van der Waals surface area contributed by atoms with Crippen LogP contribution in [0.25, 0.3) is 0 Å². The third-order valence-corrected chi connectivity index (χ3v) is 9.17. The average Bonchev–Trinajstić information content (AvgIpc) is 3.29. The van der Waals surface area contributed by atoms with Crippen molar-refractivity contribution in [1.82, 2.24) is 0 Å². The molecule has 1 unspecified atom stereocenters. The molecule has 0 aliphatic carbocycles. The number of hydrogen-bond acceptors (Lipinski definition) is 6. The molecule has 0 aromatic heterocycles. The van der Waals surface area contributed by atoms with E-state index in [9.17, 15) is 14.4 Å². The Morgan fingerprint density at radius 1 is 0.344 bits per heavy atom. The fourth-order valence-electron chi connectivity index (χ4n) is 5.57. The molecule has 0 aliphatic heterocycles. The molecule has 352 valence electrons. The number of unbranched alkanes of at least 4 members (excludes halogenated alkanes) is 8. The predicted octanol–water partition coefficient (Wildman–Crippen LogP) is 16.0. The molecule has 0 aliphatic rings. The summed E-state index contributed by atoms with van der Waals surface area (Å²) >= 11 is 0. The number of carbonyl (C=O) groups excluding carboxylic acids is 3. The normalized spacial score (nSPS) is 13.6. The van der Waals surface area contributed by atoms with E-state index >= 15 is 0 Å². The number of allylic oxidation sites excluding steroid dienone is 28. The Morgan fingerprint density at radius 3 is 1.16 bits per heavy atom. The van der Waals surface area contributed by atoms with Gasteiger partial charge in [-0.15, -0.1) is 0 Å². The largest absolute Gasteiger partial charge is 0.462 e. The highest BCUT2D eigenvalue weighted by molar-refractivity contribution is 5.71. The zero-order valence-electron chi connectivity index (χ0n) is 40.0. The summed E-state index contributed by atoms with van der Waals surface area (Å²) in [6, 6.07) is 0. The summed E-state index contributed by atoms with van der Waals surface area (Å²) in [6.45, 7) is 6.15. The first-order valence-electron chi connectivity index (χ1n) is 24.3. The lowest BCUT2D eigenvalue weighted by Gasteiger charge is -2.18. The van der Waals surface area contributed by atoms with E-state index in [1.165, 1.54) is 12.8 Å². The zero-order valence-corrected chi connectivity index (χ0v) is 40.0. The van der Waals surface area contributed by atoms with Gasteiger partial charge in [-0.3, -0.25) is 14.4 Å². The minimum Gasteiger partial charge on any atom is -0.462 e. The lowest BCUT2D eigenvalue weighted by molar-refractivity contribution is -0.166. The Morgan fingerprint density at radius 2 is 0.719 bits per heavy atom. The van der Waals surface area contributed by atoms with Crippen molar-refractivity contribution in [3.63, 3.8) is 0 Å². The third-order valence-electron chi connectivity index (χ3n) is 9.17. The van der Waals surface area contributed by atoms with Gasteiger partial charge in [0.05, 0.1) is 0 Å². The highest BCUT2D eigenvalue weighted by atomic mass is 16.6. The van der Waals surface area contributed by atoms with Crippen molar-refractivity contribution in [1.29, 1.82) is 0 Å². The van der Waals surface area contributed by atoms with Gasteiger partial charge in [0.15, 0.2) is 6.10 Å². The topological polar surface area (TPSA) is 78.9 Å². The van der Waals surface area contributed by atoms with Gasteiger partial charge in [0, 0.05) is 19.3 Å². The van der Waals surface area contributed by atoms with Crippen molar-refractivity contribution in [2.45, 2.75) is 162 Å². The molecule has 64 heavy (non-hydrogen) atoms. The van der Waals surface area contributed by atoms with Crippen LogP contribution < -0.4 is 0 Å². The number of ether oxygens (including phenoxy) is 3. The van der Waals surface area contributed by atoms with E-state index in [1.807, 2.05) is 85.1 Å². The van der Waals surface area contributed by atoms with Crippen molar-refractivity contribution in [2.75, 3.05) is 13.2 Å². The van der Waals surface area contributed by atoms with E-state index in [0.29, 0.717) is 19.3 Å². The van der Waals surface area contributed by atoms with Crippen LogP contribution in [0.15, 0.2) is 170 Å². The number of rotatable bonds is 40. The second-order valence-electron chi connectivity index (χ2n) is 15.1. The number of esters is 3. The van der Waals surface area contributed by atoms with Crippen LogP contribution in [0, 0.1) is 0 Å². The van der Waals surface area contributed by atoms with E-state index in [4.69, 9.17) is 14.2 Å². The quantitative estimate of drug-likeness (QED) is 0.0201. The van der Waals surface area contributed by atoms with Crippen LogP contribution >= 0.6 is 0 Å². The summed E-state index contributed by atoms with van der Waals surface area (Å²) in [4.78, 5) is 37.8. The van der Waals surface area contributed by atoms with Crippen LogP contribution in [-0.4, -0.2) is 37.2 Å². The number of hydrogen-bond donors (Lipinski definition) is 0. The molecule has 0 aromatic rings. The molecule has 0 rings (SSSR count). The monoisotopic (exact) mass is 877 g/mol. The molecule has 0 fully saturated rings. The molecule has 0 aromatic carbocycles. The maximum Gasteiger partial charge on any atom is 0.306 e. The smallest absolute Gasteiger partial charge is 0.306 e. The lowest BCUT2D eigenvalue weighted by Crippen LogP contribution is -2.30. The van der Waals surface area contributed by atoms with Gasteiger partial charge < -0.3 is 14.2 Å². The first-order valence-corrected chi connectivity index (χ1v) is 24.3. The molecule has 0 bridgehead atoms. The minimum absolute atomic E-state index is 0.146. The molecule has 0 radical (unpaired) electrons. The van der Waals surface area contributed by atoms with E-state index in [1.54, 1.807) is 0 Å². The van der Waals surface area contributed by atoms with Crippen LogP contribution in [0.5, 0.6) is 0 Å². The van der Waals surface area contributed by atoms with Crippen molar-refractivity contribution in [2.24, 2.45) is 0 Å². The Hall–Kier alpha value is -5.23. The van der Waals surface area contributed by atoms with E-state index in [0.717, 1.165) is 89.9 Å². The van der Waals surface area contributed by atoms with E-state index < -0.39 is 12.1 Å². The molecule has 1 atom stereocenters. The molecule has 0 amide bonds. The SMILES string of the molecule is CC\C=C/C=C\C=C/C=C\C=C\C=C/C=C\CCCCCC(=O)OCC(COC(=O)CCCCC/C=C\C=C/CCCC)OC(=O)CC/C=C\C/C=C\C/C=C\C/C=C\C/C=C\CC. The van der Waals surface area contributed by atoms with Gasteiger partial charge in [0.2, 0.25) is 0 Å². The Labute approximate surface area is 390 Å². The standard InChI is InChI=1S/C58H84O6/c1-4-7-10-13-16-19-22-24-26-28-29-30-32-33-36-39-42-45-48-51-57(60)63-54-55(53-62-56(59)50-47-44-41-38-35-21-18-15-12-9-6-3)64-58(61)52-49-46-43-40-37-34-31-27-25-23-20-17-14-11-8-5-2/h7-8,10-11,13,15-22,24-30,32-37,43,46,55H,4-6,9,12,14,23,31,38-42,44-45,47-54H2,1-3H3/b10-7-,11-8-,16-13-,18-15-,20-17-,22-19-,26-24-,27-25-,29-28+,32-30-,35-21-,36-33-,37-34-,46-43-. The van der Waals surface area contributed by atoms with Crippen LogP contribution in [0.3, 0.4) is 0 Å². The van der Waals surface area contributed by atoms with Crippen molar-refractivity contribution < 1.29 is 28.6 Å². The van der Waals surface area contributed by atoms with Crippen LogP contribution in [0.4, 0.5) is 0 Å². The van der Waals surface area contributed by atoms with Gasteiger partial charge in [-0.25, -0.2) is 0 Å². The van der Waals surface area contributed by atoms with Gasteiger partial charge in [-0.05, 0) is 89.9 Å². The second kappa shape index (κ2) is 50.4. The highest BCUT2D eigenvalue weighted by Gasteiger charge is 2.19. The summed E-state index contributed by atoms with van der Waals surface area (Å²) in [5.41, 5.74) is 0. The summed E-state index contributed by atoms with van der Waals surface area (Å²) in [5.74, 6) is -1.12. The molecule has 0 saturated carbocycles. The fraction of sp³-hybridized carbons (Fsp3) is 0.466. The van der Waals surface area contributed by atoms with E-state index in [-0.39, 0.29) is 38.0 Å². The van der Waals surface area contributed by atoms with Crippen molar-refractivity contribution >= 4 is 17.9 Å². The molecule has 0 saturated heterocycles. The molecule has 0 N–H and O–H groups in total. The van der Waals surface area contributed by atoms with Crippen LogP contribution in [-0.2, 0) is 28.6 Å². The molecule has 6 heteroatoms. The maximum atomic E-state index is 12.7. The number of carbonyl (C=O) groups is 3. The van der Waals surface area contributed by atoms with Gasteiger partial charge in [0.25, 0.3) is 0 Å². The first-order chi connectivity index (χ1) is 31.5. The minimum atomic E-state index is -0.856. The van der Waals surface area contributed by atoms with Crippen molar-refractivity contribution in [3.8, 4) is 0 Å². The molecule has 0 spiro atoms. The van der Waals surface area contributed by atoms with Gasteiger partial charge in [-0.1, -0.05) is 217 Å². The Balaban J connectivity index is 4.67. The molecule has 0 heterocycles. The molecule has 6 nitrogen and oxygen atoms in total. The van der Waals surface area contributed by atoms with Gasteiger partial charge >= 0.3 is 17.9 Å². The average molecular weight is 877 g/mol. The lowest BCUT2D eigenvalue weighted by atomic mass is 10.1. The third kappa shape index (κ3) is 47.8. The summed E-state index contributed by atoms with van der Waals surface area (Å²) in [6.07, 6.45) is 74.9. The van der Waals surface area contributed by atoms with Gasteiger partial charge in [-0.2, -0.15) is 0 Å². The molecular formula is C58H84O6. The summed E-state index contributed by atoms with van der Waals surface area (Å²) < 4.78 is 16.6. The predicted molar refractivity (Wildman–Crippen MR) is 274 cm³/mol. The zero-order chi connectivity index (χ0) is 46.5. The van der Waals surface area contributed by atoms with Crippen LogP contribution in [0.1, 0.15) is 156 Å². The Bertz CT molecular complexity index is 1570. The summed E-state index contributed by atoms with van der Waals surface area (Å²) in [7, 11) is 0. The fourth-order valence-corrected chi connectivity index (χ4v) is 5.57. The summed E-state index contributed by atoms with van der Waals surface area (Å²) in [5, 5.41) is 0. The molecular weight excluding hydrogens is 793 g/mol. The van der Waals surface area contributed by atoms with Gasteiger partial charge in [0.1, 0.15) is 13.2 Å². The van der Waals surface area contributed by atoms with Crippen molar-refractivity contribution in [3.05, 3.63) is 170 Å². The maximum absolute atomic E-state index is 12.7. The van der Waals surface area contributed by atoms with Crippen LogP contribution in [0.2, 0.25) is 0 Å². The highest BCUT2D eigenvalue weighted by Crippen LogP contribution is 2.10. The van der Waals surface area contributed by atoms with E-state index in [2.05, 4.69) is 106 Å². The first kappa shape index (κ1) is 58.8.